The maximum atomic E-state index is 13.2. The predicted octanol–water partition coefficient (Wildman–Crippen LogP) is 2.18. The molecule has 7 nitrogen and oxygen atoms in total. The van der Waals surface area contributed by atoms with E-state index in [0.717, 1.165) is 77.4 Å². The maximum absolute atomic E-state index is 13.2. The van der Waals surface area contributed by atoms with Crippen LogP contribution in [0.25, 0.3) is 0 Å². The van der Waals surface area contributed by atoms with Gasteiger partial charge in [0.25, 0.3) is 5.71 Å². The zero-order valence-corrected chi connectivity index (χ0v) is 22.0. The molecular formula is C26H44FN6OS+. The molecule has 0 aromatic carbocycles. The minimum atomic E-state index is -0.000391. The molecule has 6 atom stereocenters. The van der Waals surface area contributed by atoms with E-state index in [-0.39, 0.29) is 23.8 Å². The summed E-state index contributed by atoms with van der Waals surface area (Å²) >= 11 is 1.86. The monoisotopic (exact) mass is 507 g/mol. The molecule has 1 amide bonds. The van der Waals surface area contributed by atoms with Crippen molar-refractivity contribution in [1.29, 1.82) is 0 Å². The lowest BCUT2D eigenvalue weighted by atomic mass is 9.85. The number of amides is 1. The quantitative estimate of drug-likeness (QED) is 0.206. The van der Waals surface area contributed by atoms with Gasteiger partial charge in [-0.25, -0.2) is 4.39 Å². The number of rotatable bonds is 12. The van der Waals surface area contributed by atoms with Gasteiger partial charge >= 0.3 is 5.55 Å². The fraction of sp³-hybridized carbons (Fsp3) is 0.808. The number of hydrogen-bond acceptors (Lipinski definition) is 6. The first-order valence-electron chi connectivity index (χ1n) is 13.6. The third-order valence-corrected chi connectivity index (χ3v) is 9.02. The van der Waals surface area contributed by atoms with E-state index in [2.05, 4.69) is 31.3 Å². The number of allylic oxidation sites excluding steroid dienone is 2. The van der Waals surface area contributed by atoms with E-state index in [1.54, 1.807) is 6.08 Å². The first kappa shape index (κ1) is 26.8. The van der Waals surface area contributed by atoms with Gasteiger partial charge < -0.3 is 16.0 Å². The van der Waals surface area contributed by atoms with Gasteiger partial charge in [0.1, 0.15) is 5.25 Å². The van der Waals surface area contributed by atoms with E-state index in [1.165, 1.54) is 5.71 Å². The summed E-state index contributed by atoms with van der Waals surface area (Å²) in [5.41, 5.74) is 3.38. The van der Waals surface area contributed by atoms with Crippen LogP contribution in [0.5, 0.6) is 0 Å². The molecule has 9 heteroatoms. The van der Waals surface area contributed by atoms with Crippen molar-refractivity contribution in [3.05, 3.63) is 11.9 Å². The molecule has 0 aromatic rings. The first-order chi connectivity index (χ1) is 17.1. The van der Waals surface area contributed by atoms with Crippen LogP contribution < -0.4 is 31.3 Å². The van der Waals surface area contributed by atoms with Crippen molar-refractivity contribution < 1.29 is 9.18 Å². The second-order valence-corrected chi connectivity index (χ2v) is 11.7. The largest absolute Gasteiger partial charge is 0.356 e. The van der Waals surface area contributed by atoms with Crippen molar-refractivity contribution in [3.63, 3.8) is 0 Å². The number of nitrogens with one attached hydrogen (secondary N) is 5. The van der Waals surface area contributed by atoms with E-state index in [9.17, 15) is 9.18 Å². The van der Waals surface area contributed by atoms with Crippen molar-refractivity contribution in [2.24, 2.45) is 11.8 Å². The number of hydrogen-bond donors (Lipinski definition) is 5. The summed E-state index contributed by atoms with van der Waals surface area (Å²) in [5.74, 6) is 0.625. The highest BCUT2D eigenvalue weighted by atomic mass is 32.2. The number of thioether (sulfide) groups is 1. The van der Waals surface area contributed by atoms with E-state index in [1.807, 2.05) is 24.4 Å². The number of nitrogens with zero attached hydrogens (tertiary/aromatic N) is 1. The van der Waals surface area contributed by atoms with E-state index in [0.29, 0.717) is 36.2 Å². The van der Waals surface area contributed by atoms with Crippen LogP contribution in [0.3, 0.4) is 0 Å². The molecular weight excluding hydrogens is 463 g/mol. The van der Waals surface area contributed by atoms with Gasteiger partial charge in [-0.1, -0.05) is 17.2 Å². The van der Waals surface area contributed by atoms with Gasteiger partial charge in [0.05, 0.1) is 12.0 Å². The molecule has 2 fully saturated rings. The summed E-state index contributed by atoms with van der Waals surface area (Å²) in [4.78, 5) is 12.8. The van der Waals surface area contributed by atoms with Crippen LogP contribution in [-0.4, -0.2) is 67.5 Å². The Morgan fingerprint density at radius 2 is 2.11 bits per heavy atom. The molecule has 1 aliphatic heterocycles. The van der Waals surface area contributed by atoms with Gasteiger partial charge in [0, 0.05) is 37.6 Å². The van der Waals surface area contributed by atoms with Crippen molar-refractivity contribution >= 4 is 28.9 Å². The van der Waals surface area contributed by atoms with Gasteiger partial charge in [0.2, 0.25) is 5.91 Å². The highest BCUT2D eigenvalue weighted by Gasteiger charge is 2.37. The molecule has 6 unspecified atom stereocenters. The van der Waals surface area contributed by atoms with Gasteiger partial charge in [-0.15, -0.1) is 0 Å². The van der Waals surface area contributed by atoms with E-state index in [4.69, 9.17) is 0 Å². The van der Waals surface area contributed by atoms with Gasteiger partial charge in [-0.05, 0) is 89.1 Å². The second kappa shape index (κ2) is 13.9. The average Bonchev–Trinajstić information content (AvgIpc) is 3.35. The minimum absolute atomic E-state index is 0.000391. The molecule has 2 saturated carbocycles. The van der Waals surface area contributed by atoms with Crippen LogP contribution in [0.2, 0.25) is 0 Å². The number of carbonyl (C=O) groups excluding carboxylic acids is 1. The topological polar surface area (TPSA) is 91.3 Å². The molecule has 1 heterocycles. The lowest BCUT2D eigenvalue weighted by molar-refractivity contribution is -0.126. The molecule has 0 radical (unpaired) electrons. The number of carbonyl (C=O) groups is 1. The molecule has 35 heavy (non-hydrogen) atoms. The molecule has 0 saturated heterocycles. The fourth-order valence-corrected chi connectivity index (χ4v) is 6.81. The summed E-state index contributed by atoms with van der Waals surface area (Å²) in [5, 5.41) is 18.2. The Kier molecular flexibility index (Phi) is 10.7. The first-order valence-corrected chi connectivity index (χ1v) is 14.6. The van der Waals surface area contributed by atoms with Crippen LogP contribution in [0.1, 0.15) is 70.6 Å². The number of halogens is 1. The van der Waals surface area contributed by atoms with Gasteiger partial charge in [0.15, 0.2) is 0 Å². The number of fused-ring (bicyclic) bond motifs is 1. The second-order valence-electron chi connectivity index (χ2n) is 10.6. The fourth-order valence-electron chi connectivity index (χ4n) is 5.79. The highest BCUT2D eigenvalue weighted by molar-refractivity contribution is 8.13. The Balaban J connectivity index is 1.16. The summed E-state index contributed by atoms with van der Waals surface area (Å²) in [7, 11) is 2.00. The SMILES string of the molecule is CNCCC(NCNC1CCCC(C(=O)NCC2CC=C(F)CC2)C1)NC1CCC2=[N+]=CSC2C1. The third-order valence-electron chi connectivity index (χ3n) is 8.00. The summed E-state index contributed by atoms with van der Waals surface area (Å²) in [6.07, 6.45) is 12.5. The maximum Gasteiger partial charge on any atom is 0.327 e. The van der Waals surface area contributed by atoms with E-state index < -0.39 is 0 Å². The van der Waals surface area contributed by atoms with Crippen LogP contribution in [0.15, 0.2) is 11.9 Å². The molecule has 4 aliphatic rings. The van der Waals surface area contributed by atoms with Gasteiger partial charge in [-0.2, -0.15) is 0 Å². The summed E-state index contributed by atoms with van der Waals surface area (Å²) < 4.78 is 17.7. The van der Waals surface area contributed by atoms with Crippen molar-refractivity contribution in [2.45, 2.75) is 94.1 Å². The molecule has 5 N–H and O–H groups in total. The molecule has 4 rings (SSSR count). The lowest BCUT2D eigenvalue weighted by Crippen LogP contribution is -2.54. The Morgan fingerprint density at radius 3 is 2.94 bits per heavy atom. The lowest BCUT2D eigenvalue weighted by Gasteiger charge is -2.32. The highest BCUT2D eigenvalue weighted by Crippen LogP contribution is 2.28. The smallest absolute Gasteiger partial charge is 0.327 e. The average molecular weight is 508 g/mol. The van der Waals surface area contributed by atoms with Crippen LogP contribution in [-0.2, 0) is 4.79 Å². The van der Waals surface area contributed by atoms with Crippen molar-refractivity contribution in [1.82, 2.24) is 31.3 Å². The summed E-state index contributed by atoms with van der Waals surface area (Å²) in [6, 6.07) is 0.883. The summed E-state index contributed by atoms with van der Waals surface area (Å²) in [6.45, 7) is 2.38. The van der Waals surface area contributed by atoms with Crippen LogP contribution >= 0.6 is 11.8 Å². The zero-order valence-electron chi connectivity index (χ0n) is 21.2. The third kappa shape index (κ3) is 8.41. The predicted molar refractivity (Wildman–Crippen MR) is 144 cm³/mol. The molecule has 3 aliphatic carbocycles. The van der Waals surface area contributed by atoms with Crippen molar-refractivity contribution in [3.8, 4) is 0 Å². The Morgan fingerprint density at radius 1 is 1.20 bits per heavy atom. The normalized spacial score (nSPS) is 31.4. The van der Waals surface area contributed by atoms with Crippen molar-refractivity contribution in [2.75, 3.05) is 26.8 Å². The van der Waals surface area contributed by atoms with Crippen LogP contribution in [0.4, 0.5) is 4.39 Å². The standard InChI is InChI=1S/C26H43FN6OS/c1-28-12-11-25(33-22-9-10-23-24(14-22)35-17-32-23)31-16-30-21-4-2-3-19(13-21)26(34)29-15-18-5-7-20(27)8-6-18/h7,17-19,21-22,24-25,28,30-31,33H,2-6,8-16H2,1H3/p+1. The molecule has 0 bridgehead atoms. The van der Waals surface area contributed by atoms with E-state index >= 15 is 0 Å². The Hall–Kier alpha value is -1.22. The molecule has 196 valence electrons. The van der Waals surface area contributed by atoms with Gasteiger partial charge in [-0.3, -0.25) is 15.4 Å². The molecule has 0 spiro atoms. The zero-order chi connectivity index (χ0) is 24.5. The Labute approximate surface area is 214 Å². The minimum Gasteiger partial charge on any atom is -0.356 e. The van der Waals surface area contributed by atoms with Crippen LogP contribution in [0, 0.1) is 11.8 Å². The molecule has 0 aromatic heterocycles. The Bertz CT molecular complexity index is 801.